The number of hydrogen-bond acceptors (Lipinski definition) is 4. The normalized spacial score (nSPS) is 17.1. The minimum Gasteiger partial charge on any atom is -0.326 e. The fourth-order valence-electron chi connectivity index (χ4n) is 5.59. The first kappa shape index (κ1) is 24.2. The molecule has 2 N–H and O–H groups in total. The van der Waals surface area contributed by atoms with Crippen LogP contribution in [0.1, 0.15) is 75.9 Å². The molecular weight excluding hydrogens is 452 g/mol. The number of nitrogens with zero attached hydrogens (tertiary/aromatic N) is 2. The van der Waals surface area contributed by atoms with Gasteiger partial charge in [0.25, 0.3) is 0 Å². The number of rotatable bonds is 5. The van der Waals surface area contributed by atoms with Crippen molar-refractivity contribution in [3.63, 3.8) is 0 Å². The summed E-state index contributed by atoms with van der Waals surface area (Å²) in [7, 11) is 0. The van der Waals surface area contributed by atoms with Crippen LogP contribution >= 0.6 is 0 Å². The lowest BCUT2D eigenvalue weighted by Crippen LogP contribution is -2.24. The number of nitrogens with one attached hydrogen (secondary N) is 2. The maximum absolute atomic E-state index is 12.7. The van der Waals surface area contributed by atoms with E-state index in [2.05, 4.69) is 10.6 Å². The third-order valence-corrected chi connectivity index (χ3v) is 7.60. The zero-order valence-electron chi connectivity index (χ0n) is 20.9. The van der Waals surface area contributed by atoms with Crippen molar-refractivity contribution in [3.05, 3.63) is 42.5 Å². The van der Waals surface area contributed by atoms with Crippen molar-refractivity contribution in [2.24, 2.45) is 11.8 Å². The Kier molecular flexibility index (Phi) is 7.16. The fourth-order valence-corrected chi connectivity index (χ4v) is 5.59. The molecule has 7 nitrogen and oxygen atoms in total. The average Bonchev–Trinajstić information content (AvgIpc) is 3.29. The standard InChI is InChI=1S/C29H34N4O3/c1-19(34)33-26-17-16-24(31-29(36)22-10-6-3-7-11-22)18-25(26)32-27(33)20-12-14-23(15-13-20)30-28(35)21-8-4-2-5-9-21/h12-18,21-22H,2-11H2,1H3,(H,30,35)(H,31,36). The molecule has 0 spiro atoms. The molecule has 2 aliphatic carbocycles. The van der Waals surface area contributed by atoms with Crippen LogP contribution in [0.3, 0.4) is 0 Å². The smallest absolute Gasteiger partial charge is 0.229 e. The Morgan fingerprint density at radius 2 is 1.28 bits per heavy atom. The van der Waals surface area contributed by atoms with Crippen LogP contribution in [0.15, 0.2) is 42.5 Å². The molecule has 1 heterocycles. The highest BCUT2D eigenvalue weighted by Gasteiger charge is 2.23. The zero-order valence-corrected chi connectivity index (χ0v) is 20.9. The van der Waals surface area contributed by atoms with Crippen molar-refractivity contribution in [1.82, 2.24) is 9.55 Å². The molecule has 0 unspecified atom stereocenters. The van der Waals surface area contributed by atoms with Gasteiger partial charge in [-0.2, -0.15) is 0 Å². The molecular formula is C29H34N4O3. The number of aromatic nitrogens is 2. The van der Waals surface area contributed by atoms with E-state index < -0.39 is 0 Å². The molecule has 2 saturated carbocycles. The van der Waals surface area contributed by atoms with Gasteiger partial charge in [-0.1, -0.05) is 38.5 Å². The number of benzene rings is 2. The summed E-state index contributed by atoms with van der Waals surface area (Å²) in [5, 5.41) is 6.07. The molecule has 5 rings (SSSR count). The molecule has 0 saturated heterocycles. The van der Waals surface area contributed by atoms with Gasteiger partial charge in [0.05, 0.1) is 11.0 Å². The number of amides is 2. The Bertz CT molecular complexity index is 1270. The highest BCUT2D eigenvalue weighted by atomic mass is 16.2. The topological polar surface area (TPSA) is 93.1 Å². The van der Waals surface area contributed by atoms with E-state index in [9.17, 15) is 14.4 Å². The largest absolute Gasteiger partial charge is 0.326 e. The summed E-state index contributed by atoms with van der Waals surface area (Å²) in [5.41, 5.74) is 3.56. The van der Waals surface area contributed by atoms with Crippen LogP contribution in [0, 0.1) is 11.8 Å². The third kappa shape index (κ3) is 5.20. The molecule has 2 amide bonds. The van der Waals surface area contributed by atoms with Crippen molar-refractivity contribution < 1.29 is 14.4 Å². The van der Waals surface area contributed by atoms with Crippen molar-refractivity contribution >= 4 is 40.1 Å². The summed E-state index contributed by atoms with van der Waals surface area (Å²) in [6.07, 6.45) is 10.6. The fraction of sp³-hybridized carbons (Fsp3) is 0.448. The molecule has 0 atom stereocenters. The van der Waals surface area contributed by atoms with E-state index in [4.69, 9.17) is 4.98 Å². The summed E-state index contributed by atoms with van der Waals surface area (Å²) in [6, 6.07) is 13.0. The zero-order chi connectivity index (χ0) is 25.1. The van der Waals surface area contributed by atoms with E-state index >= 15 is 0 Å². The van der Waals surface area contributed by atoms with Crippen LogP contribution in [0.5, 0.6) is 0 Å². The maximum atomic E-state index is 12.7. The lowest BCUT2D eigenvalue weighted by atomic mass is 9.88. The Labute approximate surface area is 211 Å². The molecule has 2 aromatic carbocycles. The van der Waals surface area contributed by atoms with E-state index in [-0.39, 0.29) is 29.6 Å². The van der Waals surface area contributed by atoms with Gasteiger partial charge in [-0.15, -0.1) is 0 Å². The average molecular weight is 487 g/mol. The molecule has 36 heavy (non-hydrogen) atoms. The van der Waals surface area contributed by atoms with E-state index in [1.165, 1.54) is 19.8 Å². The number of imidazole rings is 1. The quantitative estimate of drug-likeness (QED) is 0.436. The van der Waals surface area contributed by atoms with Gasteiger partial charge in [-0.25, -0.2) is 4.98 Å². The summed E-state index contributed by atoms with van der Waals surface area (Å²) in [6.45, 7) is 1.52. The summed E-state index contributed by atoms with van der Waals surface area (Å²) < 4.78 is 1.59. The van der Waals surface area contributed by atoms with Gasteiger partial charge in [-0.3, -0.25) is 19.0 Å². The van der Waals surface area contributed by atoms with Gasteiger partial charge in [0, 0.05) is 35.7 Å². The number of anilines is 2. The van der Waals surface area contributed by atoms with E-state index in [0.29, 0.717) is 22.5 Å². The Morgan fingerprint density at radius 1 is 0.750 bits per heavy atom. The highest BCUT2D eigenvalue weighted by Crippen LogP contribution is 2.30. The van der Waals surface area contributed by atoms with Gasteiger partial charge < -0.3 is 10.6 Å². The Morgan fingerprint density at radius 3 is 1.83 bits per heavy atom. The first-order valence-corrected chi connectivity index (χ1v) is 13.3. The molecule has 7 heteroatoms. The van der Waals surface area contributed by atoms with Crippen molar-refractivity contribution in [2.75, 3.05) is 10.6 Å². The number of carbonyl (C=O) groups is 3. The van der Waals surface area contributed by atoms with E-state index in [1.807, 2.05) is 42.5 Å². The second-order valence-electron chi connectivity index (χ2n) is 10.2. The third-order valence-electron chi connectivity index (χ3n) is 7.60. The molecule has 0 bridgehead atoms. The van der Waals surface area contributed by atoms with Crippen LogP contribution in [0.25, 0.3) is 22.4 Å². The highest BCUT2D eigenvalue weighted by molar-refractivity contribution is 5.98. The van der Waals surface area contributed by atoms with Gasteiger partial charge in [0.15, 0.2) is 0 Å². The molecule has 188 valence electrons. The summed E-state index contributed by atoms with van der Waals surface area (Å²) in [5.74, 6) is 0.706. The van der Waals surface area contributed by atoms with Gasteiger partial charge in [0.2, 0.25) is 17.7 Å². The monoisotopic (exact) mass is 486 g/mol. The lowest BCUT2D eigenvalue weighted by Gasteiger charge is -2.20. The Balaban J connectivity index is 1.36. The second-order valence-corrected chi connectivity index (χ2v) is 10.2. The lowest BCUT2D eigenvalue weighted by molar-refractivity contribution is -0.121. The number of fused-ring (bicyclic) bond motifs is 1. The van der Waals surface area contributed by atoms with Gasteiger partial charge in [0.1, 0.15) is 5.82 Å². The molecule has 3 aromatic rings. The molecule has 1 aromatic heterocycles. The van der Waals surface area contributed by atoms with Crippen LogP contribution in [-0.4, -0.2) is 27.3 Å². The maximum Gasteiger partial charge on any atom is 0.229 e. The van der Waals surface area contributed by atoms with Gasteiger partial charge in [-0.05, 0) is 68.1 Å². The molecule has 2 fully saturated rings. The SMILES string of the molecule is CC(=O)n1c(-c2ccc(NC(=O)C3CCCCC3)cc2)nc2cc(NC(=O)C3CCCCC3)ccc21. The van der Waals surface area contributed by atoms with Crippen LogP contribution in [-0.2, 0) is 9.59 Å². The van der Waals surface area contributed by atoms with Gasteiger partial charge >= 0.3 is 0 Å². The van der Waals surface area contributed by atoms with Crippen molar-refractivity contribution in [3.8, 4) is 11.4 Å². The number of carbonyl (C=O) groups excluding carboxylic acids is 3. The molecule has 0 radical (unpaired) electrons. The first-order chi connectivity index (χ1) is 17.5. The molecule has 0 aliphatic heterocycles. The summed E-state index contributed by atoms with van der Waals surface area (Å²) >= 11 is 0. The Hall–Kier alpha value is -3.48. The van der Waals surface area contributed by atoms with Crippen molar-refractivity contribution in [1.29, 1.82) is 0 Å². The minimum absolute atomic E-state index is 0.0612. The predicted octanol–water partition coefficient (Wildman–Crippen LogP) is 6.40. The number of hydrogen-bond donors (Lipinski definition) is 2. The van der Waals surface area contributed by atoms with Crippen LogP contribution in [0.2, 0.25) is 0 Å². The first-order valence-electron chi connectivity index (χ1n) is 13.3. The van der Waals surface area contributed by atoms with Crippen LogP contribution < -0.4 is 10.6 Å². The van der Waals surface area contributed by atoms with Crippen molar-refractivity contribution in [2.45, 2.75) is 71.1 Å². The summed E-state index contributed by atoms with van der Waals surface area (Å²) in [4.78, 5) is 42.6. The van der Waals surface area contributed by atoms with E-state index in [1.54, 1.807) is 4.57 Å². The van der Waals surface area contributed by atoms with Crippen LogP contribution in [0.4, 0.5) is 11.4 Å². The molecule has 2 aliphatic rings. The predicted molar refractivity (Wildman–Crippen MR) is 142 cm³/mol. The van der Waals surface area contributed by atoms with E-state index in [0.717, 1.165) is 62.6 Å². The minimum atomic E-state index is -0.138. The second kappa shape index (κ2) is 10.6.